The molecule has 7 heteroatoms. The monoisotopic (exact) mass is 471 g/mol. The van der Waals surface area contributed by atoms with E-state index in [1.165, 1.54) is 6.42 Å². The standard InChI is InChI=1S/C28H33N5O2/c1-4-31-24-13-12-21(17-25(24)32(5-2)28(31)35)23-18-29-33(19-26(34)30-14-7-6-8-15-30)27(23)22-11-9-10-20(3)16-22/h9-13,16-18H,4-8,14-15,19H2,1-3H3. The van der Waals surface area contributed by atoms with Crippen molar-refractivity contribution in [3.05, 3.63) is 64.7 Å². The SMILES string of the molecule is CCn1c(=O)n(CC)c2cc(-c3cnn(CC(=O)N4CCCCC4)c3-c3cccc(C)c3)ccc21. The molecule has 182 valence electrons. The maximum absolute atomic E-state index is 13.1. The van der Waals surface area contributed by atoms with E-state index in [9.17, 15) is 9.59 Å². The van der Waals surface area contributed by atoms with Crippen LogP contribution in [0.25, 0.3) is 33.4 Å². The van der Waals surface area contributed by atoms with Gasteiger partial charge in [0.15, 0.2) is 0 Å². The predicted octanol–water partition coefficient (Wildman–Crippen LogP) is 4.69. The van der Waals surface area contributed by atoms with E-state index in [1.807, 2.05) is 50.9 Å². The molecule has 7 nitrogen and oxygen atoms in total. The molecule has 0 radical (unpaired) electrons. The highest BCUT2D eigenvalue weighted by molar-refractivity contribution is 5.88. The molecule has 1 aliphatic heterocycles. The highest BCUT2D eigenvalue weighted by Crippen LogP contribution is 2.34. The first-order chi connectivity index (χ1) is 17.0. The first kappa shape index (κ1) is 23.1. The fraction of sp³-hybridized carbons (Fsp3) is 0.393. The van der Waals surface area contributed by atoms with Crippen molar-refractivity contribution in [2.75, 3.05) is 13.1 Å². The maximum Gasteiger partial charge on any atom is 0.329 e. The number of aromatic nitrogens is 4. The zero-order valence-electron chi connectivity index (χ0n) is 20.8. The summed E-state index contributed by atoms with van der Waals surface area (Å²) in [6.07, 6.45) is 5.18. The van der Waals surface area contributed by atoms with E-state index in [2.05, 4.69) is 37.3 Å². The number of piperidine rings is 1. The van der Waals surface area contributed by atoms with Crippen LogP contribution in [0.5, 0.6) is 0 Å². The van der Waals surface area contributed by atoms with Gasteiger partial charge in [0.2, 0.25) is 5.91 Å². The molecule has 0 atom stereocenters. The Balaban J connectivity index is 1.63. The lowest BCUT2D eigenvalue weighted by atomic mass is 10.00. The molecule has 35 heavy (non-hydrogen) atoms. The van der Waals surface area contributed by atoms with Crippen molar-refractivity contribution < 1.29 is 4.79 Å². The average Bonchev–Trinajstić information content (AvgIpc) is 3.41. The summed E-state index contributed by atoms with van der Waals surface area (Å²) in [7, 11) is 0. The fourth-order valence-corrected chi connectivity index (χ4v) is 5.28. The normalized spacial score (nSPS) is 14.1. The number of fused-ring (bicyclic) bond motifs is 1. The number of imidazole rings is 1. The zero-order valence-corrected chi connectivity index (χ0v) is 20.8. The van der Waals surface area contributed by atoms with E-state index in [1.54, 1.807) is 0 Å². The Morgan fingerprint density at radius 2 is 1.66 bits per heavy atom. The zero-order chi connectivity index (χ0) is 24.5. The third-order valence-corrected chi connectivity index (χ3v) is 7.09. The number of carbonyl (C=O) groups excluding carboxylic acids is 1. The molecule has 1 amide bonds. The summed E-state index contributed by atoms with van der Waals surface area (Å²) in [5.74, 6) is 0.114. The van der Waals surface area contributed by atoms with Crippen molar-refractivity contribution in [2.24, 2.45) is 0 Å². The second-order valence-corrected chi connectivity index (χ2v) is 9.35. The van der Waals surface area contributed by atoms with Gasteiger partial charge in [-0.15, -0.1) is 0 Å². The predicted molar refractivity (Wildman–Crippen MR) is 139 cm³/mol. The van der Waals surface area contributed by atoms with Crippen LogP contribution in [-0.2, 0) is 24.4 Å². The van der Waals surface area contributed by atoms with E-state index in [0.29, 0.717) is 13.1 Å². The van der Waals surface area contributed by atoms with E-state index in [0.717, 1.165) is 64.9 Å². The summed E-state index contributed by atoms with van der Waals surface area (Å²) in [6, 6.07) is 14.5. The Hall–Kier alpha value is -3.61. The van der Waals surface area contributed by atoms with Crippen LogP contribution < -0.4 is 5.69 Å². The second kappa shape index (κ2) is 9.56. The Morgan fingerprint density at radius 1 is 0.914 bits per heavy atom. The quantitative estimate of drug-likeness (QED) is 0.410. The van der Waals surface area contributed by atoms with E-state index in [4.69, 9.17) is 5.10 Å². The Kier molecular flexibility index (Phi) is 6.32. The number of nitrogens with zero attached hydrogens (tertiary/aromatic N) is 5. The summed E-state index contributed by atoms with van der Waals surface area (Å²) in [6.45, 7) is 9.18. The van der Waals surface area contributed by atoms with Crippen molar-refractivity contribution in [3.63, 3.8) is 0 Å². The molecule has 2 aromatic heterocycles. The molecule has 0 spiro atoms. The molecule has 3 heterocycles. The molecule has 0 bridgehead atoms. The lowest BCUT2D eigenvalue weighted by molar-refractivity contribution is -0.132. The maximum atomic E-state index is 13.1. The number of aryl methyl sites for hydroxylation is 3. The molecule has 2 aromatic carbocycles. The Bertz CT molecular complexity index is 1440. The Labute approximate surface area is 205 Å². The second-order valence-electron chi connectivity index (χ2n) is 9.35. The number of likely N-dealkylation sites (tertiary alicyclic amines) is 1. The van der Waals surface area contributed by atoms with Crippen LogP contribution in [0.4, 0.5) is 0 Å². The van der Waals surface area contributed by atoms with Crippen LogP contribution in [0.15, 0.2) is 53.5 Å². The van der Waals surface area contributed by atoms with Gasteiger partial charge in [0.25, 0.3) is 0 Å². The van der Waals surface area contributed by atoms with Crippen molar-refractivity contribution in [1.82, 2.24) is 23.8 Å². The van der Waals surface area contributed by atoms with Gasteiger partial charge in [-0.1, -0.05) is 29.8 Å². The molecule has 1 fully saturated rings. The molecule has 0 N–H and O–H groups in total. The molecule has 0 aliphatic carbocycles. The van der Waals surface area contributed by atoms with Gasteiger partial charge in [0.05, 0.1) is 22.9 Å². The first-order valence-corrected chi connectivity index (χ1v) is 12.7. The molecule has 5 rings (SSSR count). The van der Waals surface area contributed by atoms with E-state index in [-0.39, 0.29) is 18.1 Å². The minimum absolute atomic E-state index is 0.0175. The van der Waals surface area contributed by atoms with Gasteiger partial charge in [-0.05, 0) is 63.8 Å². The highest BCUT2D eigenvalue weighted by atomic mass is 16.2. The van der Waals surface area contributed by atoms with Gasteiger partial charge in [0, 0.05) is 37.3 Å². The van der Waals surface area contributed by atoms with Crippen molar-refractivity contribution in [3.8, 4) is 22.4 Å². The summed E-state index contributed by atoms with van der Waals surface area (Å²) >= 11 is 0. The summed E-state index contributed by atoms with van der Waals surface area (Å²) in [5.41, 5.74) is 6.94. The van der Waals surface area contributed by atoms with Crippen molar-refractivity contribution in [2.45, 2.75) is 59.7 Å². The number of carbonyl (C=O) groups is 1. The fourth-order valence-electron chi connectivity index (χ4n) is 5.28. The minimum Gasteiger partial charge on any atom is -0.341 e. The number of hydrogen-bond donors (Lipinski definition) is 0. The molecule has 0 unspecified atom stereocenters. The van der Waals surface area contributed by atoms with E-state index >= 15 is 0 Å². The van der Waals surface area contributed by atoms with Gasteiger partial charge in [-0.3, -0.25) is 18.6 Å². The van der Waals surface area contributed by atoms with Crippen LogP contribution in [0.3, 0.4) is 0 Å². The number of hydrogen-bond acceptors (Lipinski definition) is 3. The number of benzene rings is 2. The van der Waals surface area contributed by atoms with Crippen LogP contribution in [-0.4, -0.2) is 42.8 Å². The summed E-state index contributed by atoms with van der Waals surface area (Å²) in [5, 5.41) is 4.69. The highest BCUT2D eigenvalue weighted by Gasteiger charge is 2.22. The van der Waals surface area contributed by atoms with Gasteiger partial charge in [0.1, 0.15) is 6.54 Å². The summed E-state index contributed by atoms with van der Waals surface area (Å²) in [4.78, 5) is 27.9. The third kappa shape index (κ3) is 4.20. The molecule has 0 saturated carbocycles. The number of rotatable bonds is 6. The molecule has 1 saturated heterocycles. The average molecular weight is 472 g/mol. The topological polar surface area (TPSA) is 65.1 Å². The number of amides is 1. The first-order valence-electron chi connectivity index (χ1n) is 12.7. The van der Waals surface area contributed by atoms with Crippen LogP contribution in [0.1, 0.15) is 38.7 Å². The van der Waals surface area contributed by atoms with Crippen LogP contribution >= 0.6 is 0 Å². The van der Waals surface area contributed by atoms with Gasteiger partial charge in [-0.2, -0.15) is 5.10 Å². The van der Waals surface area contributed by atoms with Crippen LogP contribution in [0.2, 0.25) is 0 Å². The lowest BCUT2D eigenvalue weighted by Crippen LogP contribution is -2.38. The van der Waals surface area contributed by atoms with Gasteiger partial charge >= 0.3 is 5.69 Å². The van der Waals surface area contributed by atoms with Gasteiger partial charge < -0.3 is 4.90 Å². The smallest absolute Gasteiger partial charge is 0.329 e. The largest absolute Gasteiger partial charge is 0.341 e. The summed E-state index contributed by atoms with van der Waals surface area (Å²) < 4.78 is 5.47. The van der Waals surface area contributed by atoms with Crippen LogP contribution in [0, 0.1) is 6.92 Å². The van der Waals surface area contributed by atoms with E-state index < -0.39 is 0 Å². The molecular formula is C28H33N5O2. The van der Waals surface area contributed by atoms with Gasteiger partial charge in [-0.25, -0.2) is 4.79 Å². The van der Waals surface area contributed by atoms with Crippen molar-refractivity contribution >= 4 is 16.9 Å². The lowest BCUT2D eigenvalue weighted by Gasteiger charge is -2.27. The third-order valence-electron chi connectivity index (χ3n) is 7.09. The molecule has 1 aliphatic rings. The molecule has 4 aromatic rings. The molecular weight excluding hydrogens is 438 g/mol. The Morgan fingerprint density at radius 3 is 2.37 bits per heavy atom. The van der Waals surface area contributed by atoms with Crippen molar-refractivity contribution in [1.29, 1.82) is 0 Å². The minimum atomic E-state index is 0.0175.